The zero-order valence-corrected chi connectivity index (χ0v) is 11.1. The summed E-state index contributed by atoms with van der Waals surface area (Å²) >= 11 is 0. The number of carboxylic acids is 1. The van der Waals surface area contributed by atoms with Crippen LogP contribution in [0.15, 0.2) is 12.2 Å². The minimum atomic E-state index is -1.13. The highest BCUT2D eigenvalue weighted by Gasteiger charge is 2.26. The minimum Gasteiger partial charge on any atom is -0.478 e. The van der Waals surface area contributed by atoms with Crippen LogP contribution in [-0.4, -0.2) is 23.1 Å². The predicted octanol–water partition coefficient (Wildman–Crippen LogP) is 2.78. The summed E-state index contributed by atoms with van der Waals surface area (Å²) in [6.45, 7) is 4.47. The van der Waals surface area contributed by atoms with Gasteiger partial charge in [-0.1, -0.05) is 20.3 Å². The molecule has 1 rings (SSSR count). The van der Waals surface area contributed by atoms with Gasteiger partial charge in [-0.25, -0.2) is 9.59 Å². The summed E-state index contributed by atoms with van der Waals surface area (Å²) < 4.78 is 5.21. The first kappa shape index (κ1) is 14.7. The average Bonchev–Trinajstić information content (AvgIpc) is 2.36. The number of aliphatic carboxylic acids is 1. The van der Waals surface area contributed by atoms with Gasteiger partial charge in [0, 0.05) is 12.2 Å². The summed E-state index contributed by atoms with van der Waals surface area (Å²) in [6.07, 6.45) is 6.90. The Balaban J connectivity index is 2.31. The number of rotatable bonds is 5. The van der Waals surface area contributed by atoms with Gasteiger partial charge in [-0.15, -0.1) is 0 Å². The van der Waals surface area contributed by atoms with Crippen molar-refractivity contribution in [3.8, 4) is 0 Å². The molecule has 0 amide bonds. The van der Waals surface area contributed by atoms with Gasteiger partial charge in [-0.3, -0.25) is 0 Å². The third kappa shape index (κ3) is 4.90. The van der Waals surface area contributed by atoms with Gasteiger partial charge < -0.3 is 9.84 Å². The second kappa shape index (κ2) is 7.19. The first-order chi connectivity index (χ1) is 8.52. The molecule has 0 saturated heterocycles. The van der Waals surface area contributed by atoms with E-state index in [-0.39, 0.29) is 6.10 Å². The summed E-state index contributed by atoms with van der Waals surface area (Å²) in [6, 6.07) is 0. The molecule has 0 spiro atoms. The quantitative estimate of drug-likeness (QED) is 0.605. The lowest BCUT2D eigenvalue weighted by molar-refractivity contribution is -0.145. The lowest BCUT2D eigenvalue weighted by atomic mass is 9.79. The summed E-state index contributed by atoms with van der Waals surface area (Å²) in [5.74, 6) is -0.218. The minimum absolute atomic E-state index is 0.0451. The van der Waals surface area contributed by atoms with Crippen LogP contribution in [0.5, 0.6) is 0 Å². The molecule has 0 aliphatic heterocycles. The fraction of sp³-hybridized carbons (Fsp3) is 0.714. The average molecular weight is 254 g/mol. The number of carbonyl (C=O) groups excluding carboxylic acids is 1. The van der Waals surface area contributed by atoms with E-state index in [0.717, 1.165) is 49.7 Å². The van der Waals surface area contributed by atoms with Crippen molar-refractivity contribution >= 4 is 11.9 Å². The molecule has 0 radical (unpaired) electrons. The van der Waals surface area contributed by atoms with Crippen LogP contribution in [0.2, 0.25) is 0 Å². The lowest BCUT2D eigenvalue weighted by Crippen LogP contribution is -2.26. The van der Waals surface area contributed by atoms with Crippen LogP contribution in [0.4, 0.5) is 0 Å². The molecule has 1 aliphatic rings. The standard InChI is InChI=1S/C14H22O4/c1-3-10(2)11-4-6-12(7-5-11)18-14(17)9-8-13(15)16/h8-12H,3-7H2,1-2H3,(H,15,16)/b9-8+. The Labute approximate surface area is 108 Å². The van der Waals surface area contributed by atoms with Crippen LogP contribution < -0.4 is 0 Å². The first-order valence-electron chi connectivity index (χ1n) is 6.64. The molecular weight excluding hydrogens is 232 g/mol. The molecule has 1 fully saturated rings. The molecule has 0 aromatic carbocycles. The van der Waals surface area contributed by atoms with Crippen molar-refractivity contribution in [1.29, 1.82) is 0 Å². The van der Waals surface area contributed by atoms with E-state index in [1.807, 2.05) is 0 Å². The molecule has 1 saturated carbocycles. The molecule has 18 heavy (non-hydrogen) atoms. The van der Waals surface area contributed by atoms with Crippen molar-refractivity contribution in [2.45, 2.75) is 52.1 Å². The van der Waals surface area contributed by atoms with Gasteiger partial charge in [0.15, 0.2) is 0 Å². The Hall–Kier alpha value is -1.32. The van der Waals surface area contributed by atoms with Crippen molar-refractivity contribution in [3.63, 3.8) is 0 Å². The van der Waals surface area contributed by atoms with E-state index in [1.165, 1.54) is 6.42 Å². The Bertz CT molecular complexity index is 314. The molecule has 0 aromatic rings. The Kier molecular flexibility index (Phi) is 5.89. The number of carbonyl (C=O) groups is 2. The summed E-state index contributed by atoms with van der Waals surface area (Å²) in [5.41, 5.74) is 0. The van der Waals surface area contributed by atoms with Crippen LogP contribution in [0.1, 0.15) is 46.0 Å². The maximum absolute atomic E-state index is 11.3. The Morgan fingerprint density at radius 3 is 2.39 bits per heavy atom. The van der Waals surface area contributed by atoms with E-state index in [9.17, 15) is 9.59 Å². The second-order valence-electron chi connectivity index (χ2n) is 5.03. The number of esters is 1. The molecule has 0 heterocycles. The summed E-state index contributed by atoms with van der Waals surface area (Å²) in [4.78, 5) is 21.6. The third-order valence-corrected chi connectivity index (χ3v) is 3.81. The fourth-order valence-corrected chi connectivity index (χ4v) is 2.45. The van der Waals surface area contributed by atoms with Crippen molar-refractivity contribution in [1.82, 2.24) is 0 Å². The molecule has 1 aliphatic carbocycles. The molecule has 0 bridgehead atoms. The van der Waals surface area contributed by atoms with Crippen molar-refractivity contribution < 1.29 is 19.4 Å². The maximum Gasteiger partial charge on any atom is 0.331 e. The topological polar surface area (TPSA) is 63.6 Å². The van der Waals surface area contributed by atoms with E-state index < -0.39 is 11.9 Å². The van der Waals surface area contributed by atoms with Crippen molar-refractivity contribution in [2.24, 2.45) is 11.8 Å². The highest BCUT2D eigenvalue weighted by molar-refractivity contribution is 5.90. The van der Waals surface area contributed by atoms with Gasteiger partial charge >= 0.3 is 11.9 Å². The highest BCUT2D eigenvalue weighted by atomic mass is 16.5. The Morgan fingerprint density at radius 1 is 1.28 bits per heavy atom. The normalized spacial score (nSPS) is 25.9. The smallest absolute Gasteiger partial charge is 0.331 e. The second-order valence-corrected chi connectivity index (χ2v) is 5.03. The van der Waals surface area contributed by atoms with Crippen LogP contribution in [0, 0.1) is 11.8 Å². The van der Waals surface area contributed by atoms with Crippen LogP contribution in [0.25, 0.3) is 0 Å². The molecule has 4 heteroatoms. The molecule has 1 unspecified atom stereocenters. The predicted molar refractivity (Wildman–Crippen MR) is 68.1 cm³/mol. The lowest BCUT2D eigenvalue weighted by Gasteiger charge is -2.31. The molecule has 4 nitrogen and oxygen atoms in total. The molecule has 1 N–H and O–H groups in total. The molecule has 102 valence electrons. The van der Waals surface area contributed by atoms with E-state index in [4.69, 9.17) is 9.84 Å². The summed E-state index contributed by atoms with van der Waals surface area (Å²) in [7, 11) is 0. The number of hydrogen-bond donors (Lipinski definition) is 1. The SMILES string of the molecule is CCC(C)C1CCC(OC(=O)/C=C/C(=O)O)CC1. The Morgan fingerprint density at radius 2 is 1.89 bits per heavy atom. The van der Waals surface area contributed by atoms with E-state index >= 15 is 0 Å². The van der Waals surface area contributed by atoms with Gasteiger partial charge in [0.2, 0.25) is 0 Å². The van der Waals surface area contributed by atoms with Gasteiger partial charge in [-0.2, -0.15) is 0 Å². The van der Waals surface area contributed by atoms with Gasteiger partial charge in [0.25, 0.3) is 0 Å². The number of ether oxygens (including phenoxy) is 1. The fourth-order valence-electron chi connectivity index (χ4n) is 2.45. The van der Waals surface area contributed by atoms with Crippen LogP contribution >= 0.6 is 0 Å². The van der Waals surface area contributed by atoms with Gasteiger partial charge in [-0.05, 0) is 37.5 Å². The largest absolute Gasteiger partial charge is 0.478 e. The van der Waals surface area contributed by atoms with Gasteiger partial charge in [0.1, 0.15) is 6.10 Å². The zero-order chi connectivity index (χ0) is 13.5. The third-order valence-electron chi connectivity index (χ3n) is 3.81. The van der Waals surface area contributed by atoms with E-state index in [2.05, 4.69) is 13.8 Å². The number of hydrogen-bond acceptors (Lipinski definition) is 3. The highest BCUT2D eigenvalue weighted by Crippen LogP contribution is 2.32. The zero-order valence-electron chi connectivity index (χ0n) is 11.1. The molecule has 1 atom stereocenters. The van der Waals surface area contributed by atoms with E-state index in [0.29, 0.717) is 0 Å². The number of carboxylic acid groups (broad SMARTS) is 1. The molecular formula is C14H22O4. The van der Waals surface area contributed by atoms with Crippen LogP contribution in [-0.2, 0) is 14.3 Å². The first-order valence-corrected chi connectivity index (χ1v) is 6.64. The van der Waals surface area contributed by atoms with Crippen molar-refractivity contribution in [3.05, 3.63) is 12.2 Å². The monoisotopic (exact) mass is 254 g/mol. The van der Waals surface area contributed by atoms with Gasteiger partial charge in [0.05, 0.1) is 0 Å². The summed E-state index contributed by atoms with van der Waals surface area (Å²) in [5, 5.41) is 8.40. The molecule has 0 aromatic heterocycles. The van der Waals surface area contributed by atoms with Crippen molar-refractivity contribution in [2.75, 3.05) is 0 Å². The maximum atomic E-state index is 11.3. The van der Waals surface area contributed by atoms with Crippen LogP contribution in [0.3, 0.4) is 0 Å². The van der Waals surface area contributed by atoms with E-state index in [1.54, 1.807) is 0 Å².